The Morgan fingerprint density at radius 3 is 2.25 bits per heavy atom. The summed E-state index contributed by atoms with van der Waals surface area (Å²) in [5, 5.41) is 2.82. The van der Waals surface area contributed by atoms with Gasteiger partial charge in [-0.2, -0.15) is 0 Å². The molecule has 3 rings (SSSR count). The van der Waals surface area contributed by atoms with Crippen LogP contribution in [-0.4, -0.2) is 39.4 Å². The molecule has 0 aliphatic carbocycles. The largest absolute Gasteiger partial charge is 0.376 e. The standard InChI is InChI=1S/C20H22N2O5S/c1-14(23)15-6-10-19(11-7-15)28(25,26)22-17-8-4-16(5-9-17)20(24)21-13-18-3-2-12-27-18/h4-11,18,22H,2-3,12-13H2,1H3,(H,21,24)/t18-/m1/s1. The summed E-state index contributed by atoms with van der Waals surface area (Å²) in [4.78, 5) is 23.5. The average Bonchev–Trinajstić information content (AvgIpc) is 3.20. The molecule has 28 heavy (non-hydrogen) atoms. The molecular formula is C20H22N2O5S. The second-order valence-electron chi connectivity index (χ2n) is 6.61. The summed E-state index contributed by atoms with van der Waals surface area (Å²) in [5.74, 6) is -0.366. The summed E-state index contributed by atoms with van der Waals surface area (Å²) in [6.45, 7) is 2.61. The van der Waals surface area contributed by atoms with Crippen molar-refractivity contribution in [2.24, 2.45) is 0 Å². The summed E-state index contributed by atoms with van der Waals surface area (Å²) in [5.41, 5.74) is 1.22. The molecule has 7 nitrogen and oxygen atoms in total. The fourth-order valence-corrected chi connectivity index (χ4v) is 3.95. The van der Waals surface area contributed by atoms with E-state index in [-0.39, 0.29) is 22.7 Å². The number of benzene rings is 2. The van der Waals surface area contributed by atoms with E-state index in [0.717, 1.165) is 19.4 Å². The van der Waals surface area contributed by atoms with Crippen molar-refractivity contribution < 1.29 is 22.7 Å². The van der Waals surface area contributed by atoms with Gasteiger partial charge in [0.05, 0.1) is 11.0 Å². The molecule has 0 saturated carbocycles. The number of nitrogens with one attached hydrogen (secondary N) is 2. The lowest BCUT2D eigenvalue weighted by atomic mass is 10.2. The van der Waals surface area contributed by atoms with E-state index < -0.39 is 10.0 Å². The van der Waals surface area contributed by atoms with Gasteiger partial charge in [0.2, 0.25) is 0 Å². The molecule has 1 fully saturated rings. The van der Waals surface area contributed by atoms with Gasteiger partial charge in [-0.05, 0) is 56.2 Å². The Bertz CT molecular complexity index is 947. The topological polar surface area (TPSA) is 102 Å². The van der Waals surface area contributed by atoms with Crippen LogP contribution in [0.15, 0.2) is 53.4 Å². The molecule has 1 aliphatic rings. The molecule has 2 aromatic carbocycles. The summed E-state index contributed by atoms with van der Waals surface area (Å²) < 4.78 is 32.9. The first-order valence-corrected chi connectivity index (χ1v) is 10.5. The maximum absolute atomic E-state index is 12.5. The maximum atomic E-state index is 12.5. The van der Waals surface area contributed by atoms with Crippen molar-refractivity contribution >= 4 is 27.4 Å². The zero-order chi connectivity index (χ0) is 20.1. The summed E-state index contributed by atoms with van der Waals surface area (Å²) in [6.07, 6.45) is 2.01. The van der Waals surface area contributed by atoms with E-state index in [1.165, 1.54) is 43.3 Å². The Labute approximate surface area is 164 Å². The lowest BCUT2D eigenvalue weighted by Gasteiger charge is -2.12. The van der Waals surface area contributed by atoms with Gasteiger partial charge < -0.3 is 10.1 Å². The number of anilines is 1. The smallest absolute Gasteiger partial charge is 0.261 e. The Kier molecular flexibility index (Phi) is 6.11. The minimum atomic E-state index is -3.79. The fraction of sp³-hybridized carbons (Fsp3) is 0.300. The lowest BCUT2D eigenvalue weighted by Crippen LogP contribution is -2.31. The highest BCUT2D eigenvalue weighted by Crippen LogP contribution is 2.18. The molecular weight excluding hydrogens is 380 g/mol. The van der Waals surface area contributed by atoms with E-state index in [2.05, 4.69) is 10.0 Å². The second kappa shape index (κ2) is 8.53. The highest BCUT2D eigenvalue weighted by molar-refractivity contribution is 7.92. The highest BCUT2D eigenvalue weighted by Gasteiger charge is 2.17. The van der Waals surface area contributed by atoms with Crippen molar-refractivity contribution in [2.45, 2.75) is 30.8 Å². The number of Topliss-reactive ketones (excluding diaryl/α,β-unsaturated/α-hetero) is 1. The van der Waals surface area contributed by atoms with E-state index in [9.17, 15) is 18.0 Å². The molecule has 1 aliphatic heterocycles. The number of ether oxygens (including phenoxy) is 1. The Hall–Kier alpha value is -2.71. The van der Waals surface area contributed by atoms with E-state index in [0.29, 0.717) is 23.4 Å². The molecule has 8 heteroatoms. The van der Waals surface area contributed by atoms with Crippen molar-refractivity contribution in [3.8, 4) is 0 Å². The minimum Gasteiger partial charge on any atom is -0.376 e. The van der Waals surface area contributed by atoms with Gasteiger partial charge in [0, 0.05) is 30.0 Å². The third-order valence-corrected chi connectivity index (χ3v) is 5.88. The first kappa shape index (κ1) is 20.0. The second-order valence-corrected chi connectivity index (χ2v) is 8.29. The number of sulfonamides is 1. The number of carbonyl (C=O) groups excluding carboxylic acids is 2. The van der Waals surface area contributed by atoms with Gasteiger partial charge in [-0.1, -0.05) is 12.1 Å². The molecule has 1 atom stereocenters. The number of amides is 1. The molecule has 0 unspecified atom stereocenters. The zero-order valence-electron chi connectivity index (χ0n) is 15.5. The SMILES string of the molecule is CC(=O)c1ccc(S(=O)(=O)Nc2ccc(C(=O)NC[C@H]3CCCO3)cc2)cc1. The van der Waals surface area contributed by atoms with Crippen LogP contribution < -0.4 is 10.0 Å². The average molecular weight is 402 g/mol. The third-order valence-electron chi connectivity index (χ3n) is 4.48. The van der Waals surface area contributed by atoms with Crippen molar-refractivity contribution in [2.75, 3.05) is 17.9 Å². The molecule has 0 aromatic heterocycles. The molecule has 148 valence electrons. The monoisotopic (exact) mass is 402 g/mol. The Balaban J connectivity index is 1.62. The number of rotatable bonds is 7. The summed E-state index contributed by atoms with van der Waals surface area (Å²) in [7, 11) is -3.79. The third kappa shape index (κ3) is 4.96. The highest BCUT2D eigenvalue weighted by atomic mass is 32.2. The summed E-state index contributed by atoms with van der Waals surface area (Å²) in [6, 6.07) is 11.9. The fourth-order valence-electron chi connectivity index (χ4n) is 2.89. The summed E-state index contributed by atoms with van der Waals surface area (Å²) >= 11 is 0. The zero-order valence-corrected chi connectivity index (χ0v) is 16.3. The van der Waals surface area contributed by atoms with E-state index >= 15 is 0 Å². The van der Waals surface area contributed by atoms with Crippen molar-refractivity contribution in [1.29, 1.82) is 0 Å². The van der Waals surface area contributed by atoms with Crippen molar-refractivity contribution in [1.82, 2.24) is 5.32 Å². The maximum Gasteiger partial charge on any atom is 0.261 e. The quantitative estimate of drug-likeness (QED) is 0.693. The molecule has 0 spiro atoms. The number of ketones is 1. The van der Waals surface area contributed by atoms with Crippen LogP contribution in [0.4, 0.5) is 5.69 Å². The van der Waals surface area contributed by atoms with E-state index in [1.54, 1.807) is 12.1 Å². The van der Waals surface area contributed by atoms with Crippen molar-refractivity contribution in [3.05, 3.63) is 59.7 Å². The molecule has 2 aromatic rings. The van der Waals surface area contributed by atoms with Crippen molar-refractivity contribution in [3.63, 3.8) is 0 Å². The van der Waals surface area contributed by atoms with Gasteiger partial charge in [-0.25, -0.2) is 8.42 Å². The van der Waals surface area contributed by atoms with E-state index in [4.69, 9.17) is 4.74 Å². The van der Waals surface area contributed by atoms with Gasteiger partial charge in [-0.15, -0.1) is 0 Å². The normalized spacial score (nSPS) is 16.5. The van der Waals surface area contributed by atoms with Crippen LogP contribution in [-0.2, 0) is 14.8 Å². The van der Waals surface area contributed by atoms with Gasteiger partial charge in [0.25, 0.3) is 15.9 Å². The Morgan fingerprint density at radius 1 is 1.04 bits per heavy atom. The number of hydrogen-bond acceptors (Lipinski definition) is 5. The van der Waals surface area contributed by atoms with Crippen LogP contribution in [0.25, 0.3) is 0 Å². The van der Waals surface area contributed by atoms with Gasteiger partial charge >= 0.3 is 0 Å². The molecule has 2 N–H and O–H groups in total. The van der Waals surface area contributed by atoms with Gasteiger partial charge in [-0.3, -0.25) is 14.3 Å². The molecule has 1 saturated heterocycles. The van der Waals surface area contributed by atoms with Crippen LogP contribution in [0.5, 0.6) is 0 Å². The van der Waals surface area contributed by atoms with E-state index in [1.807, 2.05) is 0 Å². The first-order valence-electron chi connectivity index (χ1n) is 8.99. The van der Waals surface area contributed by atoms with Crippen LogP contribution in [0, 0.1) is 0 Å². The number of carbonyl (C=O) groups is 2. The first-order chi connectivity index (χ1) is 13.3. The van der Waals surface area contributed by atoms with Crippen LogP contribution in [0.3, 0.4) is 0 Å². The predicted octanol–water partition coefficient (Wildman–Crippen LogP) is 2.60. The Morgan fingerprint density at radius 2 is 1.68 bits per heavy atom. The predicted molar refractivity (Wildman–Crippen MR) is 105 cm³/mol. The van der Waals surface area contributed by atoms with Gasteiger partial charge in [0.15, 0.2) is 5.78 Å². The van der Waals surface area contributed by atoms with Gasteiger partial charge in [0.1, 0.15) is 0 Å². The number of hydrogen-bond donors (Lipinski definition) is 2. The van der Waals surface area contributed by atoms with Crippen LogP contribution in [0.1, 0.15) is 40.5 Å². The molecule has 1 amide bonds. The minimum absolute atomic E-state index is 0.0517. The van der Waals surface area contributed by atoms with Crippen LogP contribution >= 0.6 is 0 Å². The lowest BCUT2D eigenvalue weighted by molar-refractivity contribution is 0.0857. The molecule has 0 bridgehead atoms. The molecule has 0 radical (unpaired) electrons. The van der Waals surface area contributed by atoms with Crippen LogP contribution in [0.2, 0.25) is 0 Å². The molecule has 1 heterocycles.